The molecule has 0 aromatic carbocycles. The number of likely N-dealkylation sites (tertiary alicyclic amines) is 1. The van der Waals surface area contributed by atoms with E-state index >= 15 is 0 Å². The van der Waals surface area contributed by atoms with Crippen molar-refractivity contribution in [2.24, 2.45) is 11.7 Å². The molecule has 1 aromatic heterocycles. The van der Waals surface area contributed by atoms with Gasteiger partial charge in [-0.05, 0) is 43.7 Å². The maximum absolute atomic E-state index is 12.6. The number of anilines is 1. The zero-order valence-corrected chi connectivity index (χ0v) is 14.9. The van der Waals surface area contributed by atoms with E-state index < -0.39 is 6.10 Å². The monoisotopic (exact) mass is 346 g/mol. The van der Waals surface area contributed by atoms with Crippen LogP contribution in [-0.2, 0) is 9.53 Å². The van der Waals surface area contributed by atoms with Crippen molar-refractivity contribution in [1.82, 2.24) is 9.88 Å². The lowest BCUT2D eigenvalue weighted by Crippen LogP contribution is -2.41. The van der Waals surface area contributed by atoms with Crippen molar-refractivity contribution >= 4 is 17.6 Å². The number of carbonyl (C=O) groups is 2. The van der Waals surface area contributed by atoms with E-state index in [2.05, 4.69) is 4.98 Å². The van der Waals surface area contributed by atoms with Crippen LogP contribution in [-0.4, -0.2) is 61.1 Å². The highest BCUT2D eigenvalue weighted by Crippen LogP contribution is 2.32. The summed E-state index contributed by atoms with van der Waals surface area (Å²) >= 11 is 0. The summed E-state index contributed by atoms with van der Waals surface area (Å²) in [5, 5.41) is 0. The Bertz CT molecular complexity index is 624. The fraction of sp³-hybridized carbons (Fsp3) is 0.611. The van der Waals surface area contributed by atoms with Gasteiger partial charge < -0.3 is 20.3 Å². The molecule has 2 aliphatic heterocycles. The summed E-state index contributed by atoms with van der Waals surface area (Å²) in [6.45, 7) is 1.42. The van der Waals surface area contributed by atoms with E-state index in [1.54, 1.807) is 6.20 Å². The number of piperidine rings is 1. The molecule has 0 spiro atoms. The van der Waals surface area contributed by atoms with Crippen molar-refractivity contribution in [3.05, 3.63) is 23.9 Å². The lowest BCUT2D eigenvalue weighted by atomic mass is 9.89. The number of rotatable bonds is 4. The second kappa shape index (κ2) is 7.39. The Morgan fingerprint density at radius 1 is 1.20 bits per heavy atom. The summed E-state index contributed by atoms with van der Waals surface area (Å²) in [6.07, 6.45) is 4.67. The Morgan fingerprint density at radius 2 is 1.92 bits per heavy atom. The number of aromatic nitrogens is 1. The average molecular weight is 346 g/mol. The zero-order chi connectivity index (χ0) is 18.0. The first-order valence-electron chi connectivity index (χ1n) is 8.83. The minimum absolute atomic E-state index is 0.0265. The lowest BCUT2D eigenvalue weighted by Gasteiger charge is -2.34. The molecule has 2 aliphatic rings. The molecule has 3 rings (SSSR count). The maximum atomic E-state index is 12.6. The largest absolute Gasteiger partial charge is 0.367 e. The average Bonchev–Trinajstić information content (AvgIpc) is 3.12. The van der Waals surface area contributed by atoms with Gasteiger partial charge in [-0.15, -0.1) is 0 Å². The highest BCUT2D eigenvalue weighted by molar-refractivity contribution is 5.94. The number of ether oxygens (including phenoxy) is 1. The summed E-state index contributed by atoms with van der Waals surface area (Å²) in [7, 11) is 3.84. The van der Waals surface area contributed by atoms with Gasteiger partial charge in [0.25, 0.3) is 5.91 Å². The maximum Gasteiger partial charge on any atom is 0.255 e. The third kappa shape index (κ3) is 3.92. The Hall–Kier alpha value is -2.15. The predicted molar refractivity (Wildman–Crippen MR) is 94.3 cm³/mol. The van der Waals surface area contributed by atoms with Gasteiger partial charge in [0.1, 0.15) is 11.9 Å². The topological polar surface area (TPSA) is 88.8 Å². The van der Waals surface area contributed by atoms with Gasteiger partial charge in [0, 0.05) is 33.4 Å². The van der Waals surface area contributed by atoms with Crippen molar-refractivity contribution in [1.29, 1.82) is 0 Å². The second-order valence-corrected chi connectivity index (χ2v) is 7.07. The molecule has 136 valence electrons. The van der Waals surface area contributed by atoms with Crippen molar-refractivity contribution in [2.45, 2.75) is 37.9 Å². The molecule has 2 N–H and O–H groups in total. The van der Waals surface area contributed by atoms with Crippen molar-refractivity contribution in [3.63, 3.8) is 0 Å². The molecule has 0 radical (unpaired) electrons. The van der Waals surface area contributed by atoms with Crippen molar-refractivity contribution < 1.29 is 14.3 Å². The van der Waals surface area contributed by atoms with Crippen LogP contribution in [0.1, 0.15) is 36.0 Å². The molecule has 0 unspecified atom stereocenters. The molecule has 7 heteroatoms. The van der Waals surface area contributed by atoms with Crippen LogP contribution in [0.2, 0.25) is 0 Å². The van der Waals surface area contributed by atoms with Crippen LogP contribution < -0.4 is 10.6 Å². The highest BCUT2D eigenvalue weighted by atomic mass is 16.5. The molecule has 2 atom stereocenters. The molecule has 3 heterocycles. The zero-order valence-electron chi connectivity index (χ0n) is 14.9. The standard InChI is InChI=1S/C18H26N4O3/c1-21(2)16-6-3-13(11-20-16)18(24)22-9-7-12(8-10-22)14-4-5-15(25-14)17(19)23/h3,6,11-12,14-15H,4-5,7-10H2,1-2H3,(H2,19,23)/t14-,15+/m0/s1. The van der Waals surface area contributed by atoms with Crippen molar-refractivity contribution in [2.75, 3.05) is 32.1 Å². The van der Waals surface area contributed by atoms with Gasteiger partial charge in [0.2, 0.25) is 5.91 Å². The molecular formula is C18H26N4O3. The molecule has 2 saturated heterocycles. The molecule has 7 nitrogen and oxygen atoms in total. The number of nitrogens with zero attached hydrogens (tertiary/aromatic N) is 3. The Morgan fingerprint density at radius 3 is 2.44 bits per heavy atom. The van der Waals surface area contributed by atoms with Crippen LogP contribution in [0.5, 0.6) is 0 Å². The molecule has 2 amide bonds. The number of pyridine rings is 1. The molecule has 0 saturated carbocycles. The fourth-order valence-electron chi connectivity index (χ4n) is 3.65. The van der Waals surface area contributed by atoms with E-state index in [0.717, 1.165) is 25.1 Å². The quantitative estimate of drug-likeness (QED) is 0.880. The smallest absolute Gasteiger partial charge is 0.255 e. The highest BCUT2D eigenvalue weighted by Gasteiger charge is 2.36. The molecule has 25 heavy (non-hydrogen) atoms. The van der Waals surface area contributed by atoms with E-state index in [4.69, 9.17) is 10.5 Å². The Kier molecular flexibility index (Phi) is 5.22. The van der Waals surface area contributed by atoms with Gasteiger partial charge in [-0.2, -0.15) is 0 Å². The van der Waals surface area contributed by atoms with Crippen LogP contribution in [0.25, 0.3) is 0 Å². The predicted octanol–water partition coefficient (Wildman–Crippen LogP) is 1.03. The number of hydrogen-bond acceptors (Lipinski definition) is 5. The van der Waals surface area contributed by atoms with Gasteiger partial charge >= 0.3 is 0 Å². The number of carbonyl (C=O) groups excluding carboxylic acids is 2. The number of hydrogen-bond donors (Lipinski definition) is 1. The summed E-state index contributed by atoms with van der Waals surface area (Å²) in [4.78, 5) is 32.0. The van der Waals surface area contributed by atoms with E-state index in [9.17, 15) is 9.59 Å². The lowest BCUT2D eigenvalue weighted by molar-refractivity contribution is -0.130. The SMILES string of the molecule is CN(C)c1ccc(C(=O)N2CCC([C@@H]3CC[C@H](C(N)=O)O3)CC2)cn1. The number of amides is 2. The molecule has 2 fully saturated rings. The minimum Gasteiger partial charge on any atom is -0.367 e. The fourth-order valence-corrected chi connectivity index (χ4v) is 3.65. The first-order valence-corrected chi connectivity index (χ1v) is 8.83. The van der Waals surface area contributed by atoms with Gasteiger partial charge in [0.05, 0.1) is 11.7 Å². The first-order chi connectivity index (χ1) is 12.0. The first kappa shape index (κ1) is 17.7. The van der Waals surface area contributed by atoms with Gasteiger partial charge in [-0.1, -0.05) is 0 Å². The van der Waals surface area contributed by atoms with Gasteiger partial charge in [-0.3, -0.25) is 9.59 Å². The third-order valence-electron chi connectivity index (χ3n) is 5.18. The van der Waals surface area contributed by atoms with Gasteiger partial charge in [0.15, 0.2) is 0 Å². The second-order valence-electron chi connectivity index (χ2n) is 7.07. The molecule has 1 aromatic rings. The summed E-state index contributed by atoms with van der Waals surface area (Å²) in [6, 6.07) is 3.69. The minimum atomic E-state index is -0.439. The van der Waals surface area contributed by atoms with Crippen LogP contribution >= 0.6 is 0 Å². The van der Waals surface area contributed by atoms with E-state index in [1.165, 1.54) is 0 Å². The molecule has 0 bridgehead atoms. The molecular weight excluding hydrogens is 320 g/mol. The normalized spacial score (nSPS) is 24.3. The summed E-state index contributed by atoms with van der Waals surface area (Å²) in [5.41, 5.74) is 5.94. The van der Waals surface area contributed by atoms with Crippen LogP contribution in [0.4, 0.5) is 5.82 Å². The van der Waals surface area contributed by atoms with Crippen LogP contribution in [0, 0.1) is 5.92 Å². The Balaban J connectivity index is 1.53. The number of primary amides is 1. The van der Waals surface area contributed by atoms with E-state index in [1.807, 2.05) is 36.0 Å². The summed E-state index contributed by atoms with van der Waals surface area (Å²) in [5.74, 6) is 0.877. The Labute approximate surface area is 148 Å². The molecule has 0 aliphatic carbocycles. The van der Waals surface area contributed by atoms with E-state index in [0.29, 0.717) is 31.0 Å². The van der Waals surface area contributed by atoms with E-state index in [-0.39, 0.29) is 17.9 Å². The van der Waals surface area contributed by atoms with Crippen molar-refractivity contribution in [3.8, 4) is 0 Å². The third-order valence-corrected chi connectivity index (χ3v) is 5.18. The number of nitrogens with two attached hydrogens (primary N) is 1. The summed E-state index contributed by atoms with van der Waals surface area (Å²) < 4.78 is 5.79. The van der Waals surface area contributed by atoms with Crippen LogP contribution in [0.15, 0.2) is 18.3 Å². The van der Waals surface area contributed by atoms with Crippen LogP contribution in [0.3, 0.4) is 0 Å². The van der Waals surface area contributed by atoms with Gasteiger partial charge in [-0.25, -0.2) is 4.98 Å².